The maximum atomic E-state index is 13.6. The van der Waals surface area contributed by atoms with E-state index in [0.717, 1.165) is 31.7 Å². The van der Waals surface area contributed by atoms with Crippen LogP contribution in [-0.4, -0.2) is 4.83 Å². The number of alkyl halides is 1. The van der Waals surface area contributed by atoms with Crippen molar-refractivity contribution in [2.75, 3.05) is 0 Å². The molecule has 3 heteroatoms. The molecule has 0 fully saturated rings. The Bertz CT molecular complexity index is 360. The van der Waals surface area contributed by atoms with E-state index in [1.807, 2.05) is 0 Å². The van der Waals surface area contributed by atoms with Crippen molar-refractivity contribution in [3.05, 3.63) is 35.4 Å². The van der Waals surface area contributed by atoms with E-state index in [1.54, 1.807) is 6.07 Å². The summed E-state index contributed by atoms with van der Waals surface area (Å²) in [7, 11) is 0. The molecular formula is C15H21BrF2. The molecule has 0 nitrogen and oxygen atoms in total. The third-order valence-corrected chi connectivity index (χ3v) is 4.33. The van der Waals surface area contributed by atoms with E-state index in [1.165, 1.54) is 6.07 Å². The monoisotopic (exact) mass is 318 g/mol. The van der Waals surface area contributed by atoms with Gasteiger partial charge in [0, 0.05) is 10.9 Å². The van der Waals surface area contributed by atoms with Crippen LogP contribution in [0.25, 0.3) is 0 Å². The third-order valence-electron chi connectivity index (χ3n) is 3.26. The maximum Gasteiger partial charge on any atom is 0.129 e. The van der Waals surface area contributed by atoms with Gasteiger partial charge in [0.1, 0.15) is 11.6 Å². The molecule has 0 saturated heterocycles. The van der Waals surface area contributed by atoms with Gasteiger partial charge in [0.2, 0.25) is 0 Å². The molecule has 0 spiro atoms. The minimum Gasteiger partial charge on any atom is -0.207 e. The Labute approximate surface area is 117 Å². The fourth-order valence-corrected chi connectivity index (χ4v) is 3.19. The highest BCUT2D eigenvalue weighted by molar-refractivity contribution is 9.09. The molecule has 0 N–H and O–H groups in total. The molecule has 0 bridgehead atoms. The van der Waals surface area contributed by atoms with Crippen LogP contribution in [0.2, 0.25) is 0 Å². The molecule has 0 aliphatic carbocycles. The molecule has 0 amide bonds. The van der Waals surface area contributed by atoms with Crippen LogP contribution in [0.4, 0.5) is 8.78 Å². The van der Waals surface area contributed by atoms with Crippen molar-refractivity contribution in [3.63, 3.8) is 0 Å². The fourth-order valence-electron chi connectivity index (χ4n) is 2.31. The van der Waals surface area contributed by atoms with E-state index in [-0.39, 0.29) is 4.83 Å². The predicted octanol–water partition coefficient (Wildman–Crippen LogP) is 5.49. The van der Waals surface area contributed by atoms with E-state index >= 15 is 0 Å². The van der Waals surface area contributed by atoms with Gasteiger partial charge in [-0.15, -0.1) is 0 Å². The molecular weight excluding hydrogens is 298 g/mol. The Morgan fingerprint density at radius 1 is 1.11 bits per heavy atom. The van der Waals surface area contributed by atoms with Gasteiger partial charge < -0.3 is 0 Å². The summed E-state index contributed by atoms with van der Waals surface area (Å²) in [4.78, 5) is 0.261. The van der Waals surface area contributed by atoms with Gasteiger partial charge in [-0.2, -0.15) is 0 Å². The zero-order valence-corrected chi connectivity index (χ0v) is 12.6. The van der Waals surface area contributed by atoms with Gasteiger partial charge in [0.15, 0.2) is 0 Å². The molecule has 0 aliphatic rings. The summed E-state index contributed by atoms with van der Waals surface area (Å²) >= 11 is 3.68. The average molecular weight is 319 g/mol. The lowest BCUT2D eigenvalue weighted by molar-refractivity contribution is 0.423. The molecule has 0 aliphatic heterocycles. The lowest BCUT2D eigenvalue weighted by atomic mass is 9.91. The number of halogens is 3. The van der Waals surface area contributed by atoms with Crippen molar-refractivity contribution in [2.24, 2.45) is 5.92 Å². The minimum absolute atomic E-state index is 0.261. The van der Waals surface area contributed by atoms with Gasteiger partial charge in [0.05, 0.1) is 0 Å². The summed E-state index contributed by atoms with van der Waals surface area (Å²) in [5.41, 5.74) is 0.593. The highest BCUT2D eigenvalue weighted by Crippen LogP contribution is 2.27. The third kappa shape index (κ3) is 4.68. The van der Waals surface area contributed by atoms with E-state index in [0.29, 0.717) is 17.9 Å². The van der Waals surface area contributed by atoms with Crippen molar-refractivity contribution in [2.45, 2.75) is 50.8 Å². The Hall–Kier alpha value is -0.440. The minimum atomic E-state index is -0.513. The number of hydrogen-bond acceptors (Lipinski definition) is 0. The topological polar surface area (TPSA) is 0 Å². The van der Waals surface area contributed by atoms with Crippen LogP contribution < -0.4 is 0 Å². The zero-order chi connectivity index (χ0) is 13.5. The summed E-state index contributed by atoms with van der Waals surface area (Å²) in [6, 6.07) is 3.84. The molecule has 0 radical (unpaired) electrons. The first-order valence-corrected chi connectivity index (χ1v) is 7.58. The van der Waals surface area contributed by atoms with Crippen LogP contribution in [0.1, 0.15) is 45.1 Å². The largest absolute Gasteiger partial charge is 0.207 e. The average Bonchev–Trinajstić information content (AvgIpc) is 2.32. The van der Waals surface area contributed by atoms with Crippen LogP contribution in [-0.2, 0) is 6.42 Å². The van der Waals surface area contributed by atoms with Crippen molar-refractivity contribution in [3.8, 4) is 0 Å². The Morgan fingerprint density at radius 3 is 2.22 bits per heavy atom. The molecule has 1 unspecified atom stereocenters. The van der Waals surface area contributed by atoms with Gasteiger partial charge in [0.25, 0.3) is 0 Å². The standard InChI is InChI=1S/C15H21BrF2/c1-3-5-11(6-4-2)14(16)9-12-7-8-13(17)10-15(12)18/h7-8,10-11,14H,3-6,9H2,1-2H3. The highest BCUT2D eigenvalue weighted by Gasteiger charge is 2.19. The smallest absolute Gasteiger partial charge is 0.129 e. The van der Waals surface area contributed by atoms with E-state index in [2.05, 4.69) is 29.8 Å². The summed E-state index contributed by atoms with van der Waals surface area (Å²) in [5, 5.41) is 0. The summed E-state index contributed by atoms with van der Waals surface area (Å²) < 4.78 is 26.4. The SMILES string of the molecule is CCCC(CCC)C(Br)Cc1ccc(F)cc1F. The summed E-state index contributed by atoms with van der Waals surface area (Å²) in [6.07, 6.45) is 5.19. The second kappa shape index (κ2) is 7.88. The van der Waals surface area contributed by atoms with E-state index in [4.69, 9.17) is 0 Å². The fraction of sp³-hybridized carbons (Fsp3) is 0.600. The molecule has 1 aromatic rings. The summed E-state index contributed by atoms with van der Waals surface area (Å²) in [6.45, 7) is 4.34. The molecule has 1 rings (SSSR count). The Kier molecular flexibility index (Phi) is 6.83. The van der Waals surface area contributed by atoms with Gasteiger partial charge in [-0.1, -0.05) is 48.7 Å². The lowest BCUT2D eigenvalue weighted by Crippen LogP contribution is -2.17. The Morgan fingerprint density at radius 2 is 1.72 bits per heavy atom. The van der Waals surface area contributed by atoms with Gasteiger partial charge in [-0.25, -0.2) is 8.78 Å². The van der Waals surface area contributed by atoms with E-state index in [9.17, 15) is 8.78 Å². The number of benzene rings is 1. The summed E-state index contributed by atoms with van der Waals surface area (Å²) in [5.74, 6) is -0.392. The number of rotatable bonds is 7. The second-order valence-corrected chi connectivity index (χ2v) is 5.97. The quantitative estimate of drug-likeness (QED) is 0.583. The normalized spacial score (nSPS) is 13.0. The van der Waals surface area contributed by atoms with Gasteiger partial charge >= 0.3 is 0 Å². The molecule has 1 atom stereocenters. The molecule has 0 saturated carbocycles. The second-order valence-electron chi connectivity index (χ2n) is 4.79. The van der Waals surface area contributed by atoms with Crippen LogP contribution in [0, 0.1) is 17.6 Å². The van der Waals surface area contributed by atoms with Crippen LogP contribution >= 0.6 is 15.9 Å². The zero-order valence-electron chi connectivity index (χ0n) is 11.1. The molecule has 18 heavy (non-hydrogen) atoms. The van der Waals surface area contributed by atoms with Gasteiger partial charge in [-0.05, 0) is 36.8 Å². The van der Waals surface area contributed by atoms with Crippen molar-refractivity contribution < 1.29 is 8.78 Å². The molecule has 1 aromatic carbocycles. The van der Waals surface area contributed by atoms with Gasteiger partial charge in [-0.3, -0.25) is 0 Å². The first kappa shape index (κ1) is 15.6. The predicted molar refractivity (Wildman–Crippen MR) is 76.1 cm³/mol. The molecule has 0 aromatic heterocycles. The number of hydrogen-bond donors (Lipinski definition) is 0. The van der Waals surface area contributed by atoms with Crippen molar-refractivity contribution in [1.82, 2.24) is 0 Å². The molecule has 102 valence electrons. The van der Waals surface area contributed by atoms with Crippen molar-refractivity contribution >= 4 is 15.9 Å². The lowest BCUT2D eigenvalue weighted by Gasteiger charge is -2.22. The maximum absolute atomic E-state index is 13.6. The highest BCUT2D eigenvalue weighted by atomic mass is 79.9. The van der Waals surface area contributed by atoms with Crippen LogP contribution in [0.15, 0.2) is 18.2 Å². The van der Waals surface area contributed by atoms with Crippen LogP contribution in [0.3, 0.4) is 0 Å². The molecule has 0 heterocycles. The first-order valence-electron chi connectivity index (χ1n) is 6.66. The van der Waals surface area contributed by atoms with E-state index < -0.39 is 11.6 Å². The Balaban J connectivity index is 2.69. The first-order chi connectivity index (χ1) is 8.58. The van der Waals surface area contributed by atoms with Crippen LogP contribution in [0.5, 0.6) is 0 Å². The van der Waals surface area contributed by atoms with Crippen molar-refractivity contribution in [1.29, 1.82) is 0 Å².